The SMILES string of the molecule is C=CC=CC(C)=CC(F)(F)F. The maximum Gasteiger partial charge on any atom is 0.410 e. The third-order valence-electron chi connectivity index (χ3n) is 0.887. The van der Waals surface area contributed by atoms with E-state index in [1.807, 2.05) is 0 Å². The van der Waals surface area contributed by atoms with Crippen LogP contribution in [0.2, 0.25) is 0 Å². The predicted molar refractivity (Wildman–Crippen MR) is 39.1 cm³/mol. The van der Waals surface area contributed by atoms with Crippen LogP contribution in [0, 0.1) is 0 Å². The first-order valence-corrected chi connectivity index (χ1v) is 3.01. The molecule has 0 atom stereocenters. The van der Waals surface area contributed by atoms with E-state index >= 15 is 0 Å². The summed E-state index contributed by atoms with van der Waals surface area (Å²) in [7, 11) is 0. The molecule has 0 N–H and O–H groups in total. The Morgan fingerprint density at radius 2 is 1.91 bits per heavy atom. The molecule has 0 rings (SSSR count). The number of alkyl halides is 3. The van der Waals surface area contributed by atoms with E-state index in [0.717, 1.165) is 0 Å². The van der Waals surface area contributed by atoms with E-state index in [9.17, 15) is 13.2 Å². The molecule has 0 spiro atoms. The predicted octanol–water partition coefficient (Wildman–Crippen LogP) is 3.24. The highest BCUT2D eigenvalue weighted by atomic mass is 19.4. The van der Waals surface area contributed by atoms with Gasteiger partial charge in [0.15, 0.2) is 0 Å². The van der Waals surface area contributed by atoms with Crippen molar-refractivity contribution >= 4 is 0 Å². The standard InChI is InChI=1S/C8H9F3/c1-3-4-5-7(2)6-8(9,10)11/h3-6H,1H2,2H3. The zero-order valence-electron chi connectivity index (χ0n) is 6.15. The third-order valence-corrected chi connectivity index (χ3v) is 0.887. The molecule has 0 aromatic heterocycles. The quantitative estimate of drug-likeness (QED) is 0.547. The number of allylic oxidation sites excluding steroid dienone is 5. The normalized spacial score (nSPS) is 14.0. The zero-order valence-corrected chi connectivity index (χ0v) is 6.15. The molecular formula is C8H9F3. The van der Waals surface area contributed by atoms with Gasteiger partial charge in [-0.05, 0) is 12.5 Å². The number of halogens is 3. The molecule has 0 saturated heterocycles. The first-order chi connectivity index (χ1) is 4.95. The van der Waals surface area contributed by atoms with Gasteiger partial charge in [0.1, 0.15) is 0 Å². The molecule has 62 valence electrons. The van der Waals surface area contributed by atoms with Gasteiger partial charge in [0.05, 0.1) is 0 Å². The molecule has 0 amide bonds. The maximum atomic E-state index is 11.6. The molecule has 3 heteroatoms. The van der Waals surface area contributed by atoms with Gasteiger partial charge in [0.25, 0.3) is 0 Å². The lowest BCUT2D eigenvalue weighted by Gasteiger charge is -1.98. The van der Waals surface area contributed by atoms with Crippen LogP contribution in [0.4, 0.5) is 13.2 Å². The van der Waals surface area contributed by atoms with Gasteiger partial charge in [-0.25, -0.2) is 0 Å². The fraction of sp³-hybridized carbons (Fsp3) is 0.250. The molecular weight excluding hydrogens is 153 g/mol. The molecule has 0 aliphatic heterocycles. The van der Waals surface area contributed by atoms with Crippen LogP contribution >= 0.6 is 0 Å². The summed E-state index contributed by atoms with van der Waals surface area (Å²) >= 11 is 0. The van der Waals surface area contributed by atoms with Crippen LogP contribution in [0.5, 0.6) is 0 Å². The molecule has 0 heterocycles. The summed E-state index contributed by atoms with van der Waals surface area (Å²) in [4.78, 5) is 0. The smallest absolute Gasteiger partial charge is 0.167 e. The fourth-order valence-electron chi connectivity index (χ4n) is 0.526. The van der Waals surface area contributed by atoms with Crippen LogP contribution in [0.1, 0.15) is 6.92 Å². The molecule has 0 radical (unpaired) electrons. The maximum absolute atomic E-state index is 11.6. The lowest BCUT2D eigenvalue weighted by atomic mass is 10.2. The van der Waals surface area contributed by atoms with E-state index < -0.39 is 6.18 Å². The molecule has 0 nitrogen and oxygen atoms in total. The van der Waals surface area contributed by atoms with Crippen molar-refractivity contribution in [2.75, 3.05) is 0 Å². The van der Waals surface area contributed by atoms with Crippen molar-refractivity contribution in [2.24, 2.45) is 0 Å². The van der Waals surface area contributed by atoms with Gasteiger partial charge in [-0.2, -0.15) is 13.2 Å². The number of rotatable bonds is 2. The monoisotopic (exact) mass is 162 g/mol. The lowest BCUT2D eigenvalue weighted by Crippen LogP contribution is -2.01. The fourth-order valence-corrected chi connectivity index (χ4v) is 0.526. The van der Waals surface area contributed by atoms with Crippen molar-refractivity contribution in [3.05, 3.63) is 36.5 Å². The van der Waals surface area contributed by atoms with Gasteiger partial charge < -0.3 is 0 Å². The Morgan fingerprint density at radius 1 is 1.36 bits per heavy atom. The summed E-state index contributed by atoms with van der Waals surface area (Å²) in [6.07, 6.45) is 0.244. The average Bonchev–Trinajstić information content (AvgIpc) is 1.79. The molecule has 0 unspecified atom stereocenters. The summed E-state index contributed by atoms with van der Waals surface area (Å²) in [5.74, 6) is 0. The summed E-state index contributed by atoms with van der Waals surface area (Å²) in [6.45, 7) is 4.72. The summed E-state index contributed by atoms with van der Waals surface area (Å²) in [5.41, 5.74) is 0.164. The van der Waals surface area contributed by atoms with Crippen molar-refractivity contribution in [3.8, 4) is 0 Å². The van der Waals surface area contributed by atoms with Gasteiger partial charge in [0.2, 0.25) is 0 Å². The molecule has 0 aromatic rings. The minimum absolute atomic E-state index is 0.164. The van der Waals surface area contributed by atoms with Gasteiger partial charge in [-0.15, -0.1) is 0 Å². The first-order valence-electron chi connectivity index (χ1n) is 3.01. The Kier molecular flexibility index (Phi) is 3.65. The summed E-state index contributed by atoms with van der Waals surface area (Å²) in [6, 6.07) is 0. The summed E-state index contributed by atoms with van der Waals surface area (Å²) in [5, 5.41) is 0. The second-order valence-corrected chi connectivity index (χ2v) is 2.02. The lowest BCUT2D eigenvalue weighted by molar-refractivity contribution is -0.0803. The molecule has 0 aliphatic rings. The summed E-state index contributed by atoms with van der Waals surface area (Å²) < 4.78 is 34.8. The van der Waals surface area contributed by atoms with E-state index in [0.29, 0.717) is 0 Å². The highest BCUT2D eigenvalue weighted by Gasteiger charge is 2.22. The Bertz CT molecular complexity index is 184. The van der Waals surface area contributed by atoms with Crippen molar-refractivity contribution in [1.82, 2.24) is 0 Å². The molecule has 0 saturated carbocycles. The van der Waals surface area contributed by atoms with Gasteiger partial charge in [0, 0.05) is 6.08 Å². The average molecular weight is 162 g/mol. The third kappa shape index (κ3) is 6.90. The first kappa shape index (κ1) is 10.0. The molecule has 0 aliphatic carbocycles. The van der Waals surface area contributed by atoms with E-state index in [2.05, 4.69) is 6.58 Å². The van der Waals surface area contributed by atoms with Gasteiger partial charge in [-0.1, -0.05) is 24.8 Å². The molecule has 0 fully saturated rings. The van der Waals surface area contributed by atoms with E-state index in [4.69, 9.17) is 0 Å². The minimum atomic E-state index is -4.23. The largest absolute Gasteiger partial charge is 0.410 e. The number of hydrogen-bond donors (Lipinski definition) is 0. The van der Waals surface area contributed by atoms with E-state index in [1.165, 1.54) is 25.2 Å². The van der Waals surface area contributed by atoms with Crippen molar-refractivity contribution < 1.29 is 13.2 Å². The zero-order chi connectivity index (χ0) is 8.91. The Hall–Kier alpha value is -0.990. The Balaban J connectivity index is 4.22. The van der Waals surface area contributed by atoms with Crippen LogP contribution in [0.15, 0.2) is 36.5 Å². The minimum Gasteiger partial charge on any atom is -0.167 e. The molecule has 0 bridgehead atoms. The molecule has 0 aromatic carbocycles. The Labute approximate surface area is 63.7 Å². The van der Waals surface area contributed by atoms with Crippen LogP contribution in [-0.2, 0) is 0 Å². The van der Waals surface area contributed by atoms with Crippen LogP contribution in [0.3, 0.4) is 0 Å². The van der Waals surface area contributed by atoms with Crippen LogP contribution in [-0.4, -0.2) is 6.18 Å². The van der Waals surface area contributed by atoms with Crippen LogP contribution in [0.25, 0.3) is 0 Å². The Morgan fingerprint density at radius 3 is 2.27 bits per heavy atom. The number of hydrogen-bond acceptors (Lipinski definition) is 0. The second-order valence-electron chi connectivity index (χ2n) is 2.02. The van der Waals surface area contributed by atoms with Gasteiger partial charge >= 0.3 is 6.18 Å². The van der Waals surface area contributed by atoms with Crippen LogP contribution < -0.4 is 0 Å². The highest BCUT2D eigenvalue weighted by molar-refractivity contribution is 5.20. The van der Waals surface area contributed by atoms with E-state index in [1.54, 1.807) is 0 Å². The van der Waals surface area contributed by atoms with Gasteiger partial charge in [-0.3, -0.25) is 0 Å². The van der Waals surface area contributed by atoms with Crippen molar-refractivity contribution in [3.63, 3.8) is 0 Å². The highest BCUT2D eigenvalue weighted by Crippen LogP contribution is 2.18. The van der Waals surface area contributed by atoms with E-state index in [-0.39, 0.29) is 11.6 Å². The second kappa shape index (κ2) is 4.01. The van der Waals surface area contributed by atoms with Crippen molar-refractivity contribution in [1.29, 1.82) is 0 Å². The molecule has 11 heavy (non-hydrogen) atoms. The topological polar surface area (TPSA) is 0 Å². The van der Waals surface area contributed by atoms with Crippen molar-refractivity contribution in [2.45, 2.75) is 13.1 Å².